The van der Waals surface area contributed by atoms with Crippen molar-refractivity contribution in [2.45, 2.75) is 44.3 Å². The highest BCUT2D eigenvalue weighted by Crippen LogP contribution is 2.33. The van der Waals surface area contributed by atoms with E-state index in [0.717, 1.165) is 14.3 Å². The van der Waals surface area contributed by atoms with Crippen molar-refractivity contribution in [1.29, 1.82) is 0 Å². The third-order valence-corrected chi connectivity index (χ3v) is 8.49. The molecule has 202 valence electrons. The number of nitrogens with zero attached hydrogens (tertiary/aromatic N) is 2. The van der Waals surface area contributed by atoms with Crippen LogP contribution in [0.5, 0.6) is 0 Å². The number of amides is 2. The molecule has 7 nitrogen and oxygen atoms in total. The molecule has 0 heterocycles. The van der Waals surface area contributed by atoms with Crippen LogP contribution in [0.3, 0.4) is 0 Å². The van der Waals surface area contributed by atoms with Crippen molar-refractivity contribution < 1.29 is 18.0 Å². The maximum atomic E-state index is 13.8. The fraction of sp³-hybridized carbons (Fsp3) is 0.259. The normalized spacial score (nSPS) is 12.2. The Morgan fingerprint density at radius 1 is 0.947 bits per heavy atom. The van der Waals surface area contributed by atoms with Gasteiger partial charge in [-0.1, -0.05) is 69.5 Å². The lowest BCUT2D eigenvalue weighted by atomic mass is 10.1. The molecule has 0 radical (unpaired) electrons. The molecule has 1 atom stereocenters. The van der Waals surface area contributed by atoms with Gasteiger partial charge in [-0.25, -0.2) is 8.42 Å². The highest BCUT2D eigenvalue weighted by atomic mass is 79.9. The van der Waals surface area contributed by atoms with Crippen LogP contribution in [-0.4, -0.2) is 43.8 Å². The Hall–Kier alpha value is -2.59. The summed E-state index contributed by atoms with van der Waals surface area (Å²) in [5.41, 5.74) is 0.865. The van der Waals surface area contributed by atoms with E-state index in [1.807, 2.05) is 38.1 Å². The van der Waals surface area contributed by atoms with Gasteiger partial charge in [0.05, 0.1) is 15.6 Å². The molecule has 38 heavy (non-hydrogen) atoms. The molecule has 0 aliphatic carbocycles. The van der Waals surface area contributed by atoms with Crippen LogP contribution in [0.4, 0.5) is 5.69 Å². The monoisotopic (exact) mass is 639 g/mol. The van der Waals surface area contributed by atoms with Crippen LogP contribution in [0.1, 0.15) is 26.3 Å². The number of halogens is 3. The first-order chi connectivity index (χ1) is 17.9. The predicted molar refractivity (Wildman–Crippen MR) is 155 cm³/mol. The van der Waals surface area contributed by atoms with Gasteiger partial charge in [-0.2, -0.15) is 0 Å². The summed E-state index contributed by atoms with van der Waals surface area (Å²) in [5, 5.41) is 3.20. The molecule has 0 fully saturated rings. The lowest BCUT2D eigenvalue weighted by molar-refractivity contribution is -0.139. The maximum absolute atomic E-state index is 13.8. The summed E-state index contributed by atoms with van der Waals surface area (Å²) in [6, 6.07) is 18.4. The molecule has 1 N–H and O–H groups in total. The lowest BCUT2D eigenvalue weighted by Gasteiger charge is -2.32. The van der Waals surface area contributed by atoms with Crippen LogP contribution in [0.25, 0.3) is 0 Å². The Morgan fingerprint density at radius 3 is 2.16 bits per heavy atom. The van der Waals surface area contributed by atoms with E-state index >= 15 is 0 Å². The fourth-order valence-electron chi connectivity index (χ4n) is 3.69. The fourth-order valence-corrected chi connectivity index (χ4v) is 5.97. The Balaban J connectivity index is 2.05. The zero-order chi connectivity index (χ0) is 28.0. The van der Waals surface area contributed by atoms with Gasteiger partial charge in [-0.15, -0.1) is 0 Å². The van der Waals surface area contributed by atoms with Crippen LogP contribution < -0.4 is 9.62 Å². The smallest absolute Gasteiger partial charge is 0.264 e. The average Bonchev–Trinajstić information content (AvgIpc) is 2.87. The zero-order valence-electron chi connectivity index (χ0n) is 21.1. The van der Waals surface area contributed by atoms with E-state index < -0.39 is 28.5 Å². The van der Waals surface area contributed by atoms with Crippen LogP contribution in [-0.2, 0) is 26.2 Å². The Labute approximate surface area is 241 Å². The van der Waals surface area contributed by atoms with E-state index in [9.17, 15) is 18.0 Å². The highest BCUT2D eigenvalue weighted by Gasteiger charge is 2.33. The minimum atomic E-state index is -4.21. The SMILES string of the molecule is CC(C)NC(=O)[C@@H](C)N(Cc1ccc(Br)cc1)C(=O)CN(c1ccc(Cl)cc1Cl)S(=O)(=O)c1ccccc1. The van der Waals surface area contributed by atoms with E-state index in [1.165, 1.54) is 35.2 Å². The largest absolute Gasteiger partial charge is 0.352 e. The average molecular weight is 641 g/mol. The number of nitrogens with one attached hydrogen (secondary N) is 1. The molecular weight excluding hydrogens is 613 g/mol. The summed E-state index contributed by atoms with van der Waals surface area (Å²) >= 11 is 15.9. The van der Waals surface area contributed by atoms with Gasteiger partial charge in [0.25, 0.3) is 10.0 Å². The summed E-state index contributed by atoms with van der Waals surface area (Å²) < 4.78 is 29.3. The van der Waals surface area contributed by atoms with Gasteiger partial charge in [0, 0.05) is 22.1 Å². The second-order valence-electron chi connectivity index (χ2n) is 8.91. The van der Waals surface area contributed by atoms with Gasteiger partial charge in [0.15, 0.2) is 0 Å². The number of benzene rings is 3. The van der Waals surface area contributed by atoms with Crippen LogP contribution in [0.2, 0.25) is 10.0 Å². The number of rotatable bonds is 10. The molecule has 0 aliphatic rings. The van der Waals surface area contributed by atoms with E-state index in [2.05, 4.69) is 21.2 Å². The van der Waals surface area contributed by atoms with E-state index in [4.69, 9.17) is 23.2 Å². The molecule has 0 aromatic heterocycles. The molecule has 3 aromatic rings. The minimum Gasteiger partial charge on any atom is -0.352 e. The quantitative estimate of drug-likeness (QED) is 0.299. The first kappa shape index (κ1) is 30.0. The van der Waals surface area contributed by atoms with Gasteiger partial charge in [-0.3, -0.25) is 13.9 Å². The molecule has 0 saturated heterocycles. The van der Waals surface area contributed by atoms with Crippen molar-refractivity contribution in [3.63, 3.8) is 0 Å². The first-order valence-corrected chi connectivity index (χ1v) is 14.8. The van der Waals surface area contributed by atoms with Crippen molar-refractivity contribution >= 4 is 66.7 Å². The van der Waals surface area contributed by atoms with Crippen molar-refractivity contribution in [3.8, 4) is 0 Å². The molecule has 0 bridgehead atoms. The maximum Gasteiger partial charge on any atom is 0.264 e. The van der Waals surface area contributed by atoms with Gasteiger partial charge in [-0.05, 0) is 68.8 Å². The zero-order valence-corrected chi connectivity index (χ0v) is 25.0. The highest BCUT2D eigenvalue weighted by molar-refractivity contribution is 9.10. The molecule has 2 amide bonds. The number of anilines is 1. The van der Waals surface area contributed by atoms with Gasteiger partial charge in [0.1, 0.15) is 12.6 Å². The molecule has 3 rings (SSSR count). The van der Waals surface area contributed by atoms with Gasteiger partial charge >= 0.3 is 0 Å². The third-order valence-electron chi connectivity index (χ3n) is 5.65. The number of hydrogen-bond donors (Lipinski definition) is 1. The summed E-state index contributed by atoms with van der Waals surface area (Å²) in [6.45, 7) is 4.75. The van der Waals surface area contributed by atoms with Crippen molar-refractivity contribution in [3.05, 3.63) is 92.9 Å². The number of hydrogen-bond acceptors (Lipinski definition) is 4. The van der Waals surface area contributed by atoms with Crippen molar-refractivity contribution in [2.24, 2.45) is 0 Å². The van der Waals surface area contributed by atoms with E-state index in [-0.39, 0.29) is 34.1 Å². The van der Waals surface area contributed by atoms with Crippen LogP contribution in [0.15, 0.2) is 82.2 Å². The third kappa shape index (κ3) is 7.50. The van der Waals surface area contributed by atoms with E-state index in [1.54, 1.807) is 25.1 Å². The lowest BCUT2D eigenvalue weighted by Crippen LogP contribution is -2.52. The molecule has 0 aliphatic heterocycles. The molecule has 11 heteroatoms. The van der Waals surface area contributed by atoms with Gasteiger partial charge in [0.2, 0.25) is 11.8 Å². The molecule has 0 unspecified atom stereocenters. The predicted octanol–water partition coefficient (Wildman–Crippen LogP) is 5.89. The summed E-state index contributed by atoms with van der Waals surface area (Å²) in [6.07, 6.45) is 0. The summed E-state index contributed by atoms with van der Waals surface area (Å²) in [4.78, 5) is 28.1. The number of sulfonamides is 1. The molecular formula is C27H28BrCl2N3O4S. The molecule has 3 aromatic carbocycles. The van der Waals surface area contributed by atoms with Crippen LogP contribution in [0, 0.1) is 0 Å². The number of carbonyl (C=O) groups excluding carboxylic acids is 2. The second kappa shape index (κ2) is 13.0. The molecule has 0 saturated carbocycles. The number of carbonyl (C=O) groups is 2. The van der Waals surface area contributed by atoms with Crippen molar-refractivity contribution in [2.75, 3.05) is 10.8 Å². The molecule has 0 spiro atoms. The second-order valence-corrected chi connectivity index (χ2v) is 12.5. The van der Waals surface area contributed by atoms with Crippen molar-refractivity contribution in [1.82, 2.24) is 10.2 Å². The van der Waals surface area contributed by atoms with Crippen LogP contribution >= 0.6 is 39.1 Å². The standard InChI is InChI=1S/C27H28BrCl2N3O4S/c1-18(2)31-27(35)19(3)32(16-20-9-11-21(28)12-10-20)26(34)17-33(25-14-13-22(29)15-24(25)30)38(36,37)23-7-5-4-6-8-23/h4-15,18-19H,16-17H2,1-3H3,(H,31,35)/t19-/m1/s1. The Bertz CT molecular complexity index is 1390. The van der Waals surface area contributed by atoms with Gasteiger partial charge < -0.3 is 10.2 Å². The summed E-state index contributed by atoms with van der Waals surface area (Å²) in [7, 11) is -4.21. The first-order valence-electron chi connectivity index (χ1n) is 11.8. The Morgan fingerprint density at radius 2 is 1.58 bits per heavy atom. The topological polar surface area (TPSA) is 86.8 Å². The Kier molecular flexibility index (Phi) is 10.2. The van der Waals surface area contributed by atoms with E-state index in [0.29, 0.717) is 5.02 Å². The summed E-state index contributed by atoms with van der Waals surface area (Å²) in [5.74, 6) is -0.933. The minimum absolute atomic E-state index is 0.0103.